The minimum absolute atomic E-state index is 0.0288. The molecule has 7 heteroatoms. The molecule has 0 rings (SSSR count). The van der Waals surface area contributed by atoms with Crippen LogP contribution in [-0.2, 0) is 4.79 Å². The van der Waals surface area contributed by atoms with Crippen LogP contribution in [0.15, 0.2) is 0 Å². The summed E-state index contributed by atoms with van der Waals surface area (Å²) in [5.41, 5.74) is 0. The van der Waals surface area contributed by atoms with Crippen LogP contribution in [0.1, 0.15) is 26.7 Å². The summed E-state index contributed by atoms with van der Waals surface area (Å²) in [6.45, 7) is 3.71. The predicted molar refractivity (Wildman–Crippen MR) is 66.7 cm³/mol. The Hall–Kier alpha value is -0.820. The van der Waals surface area contributed by atoms with Crippen LogP contribution in [0.3, 0.4) is 0 Å². The van der Waals surface area contributed by atoms with Crippen LogP contribution in [0.2, 0.25) is 0 Å². The van der Waals surface area contributed by atoms with Crippen molar-refractivity contribution < 1.29 is 23.1 Å². The third-order valence-electron chi connectivity index (χ3n) is 2.80. The number of aliphatic hydroxyl groups is 1. The van der Waals surface area contributed by atoms with Gasteiger partial charge in [0, 0.05) is 26.1 Å². The largest absolute Gasteiger partial charge is 0.401 e. The van der Waals surface area contributed by atoms with Crippen molar-refractivity contribution in [3.8, 4) is 0 Å². The molecular formula is C12H23F3N2O2. The van der Waals surface area contributed by atoms with Gasteiger partial charge in [0.05, 0.1) is 13.2 Å². The van der Waals surface area contributed by atoms with Crippen LogP contribution in [0.5, 0.6) is 0 Å². The number of nitrogens with zero attached hydrogens (tertiary/aromatic N) is 2. The summed E-state index contributed by atoms with van der Waals surface area (Å²) in [6, 6.07) is 0. The van der Waals surface area contributed by atoms with E-state index in [2.05, 4.69) is 0 Å². The van der Waals surface area contributed by atoms with E-state index < -0.39 is 12.7 Å². The molecule has 114 valence electrons. The third-order valence-corrected chi connectivity index (χ3v) is 2.80. The molecule has 0 unspecified atom stereocenters. The van der Waals surface area contributed by atoms with E-state index in [4.69, 9.17) is 5.11 Å². The van der Waals surface area contributed by atoms with Gasteiger partial charge in [-0.15, -0.1) is 0 Å². The molecule has 0 bridgehead atoms. The van der Waals surface area contributed by atoms with Crippen molar-refractivity contribution in [2.75, 3.05) is 39.3 Å². The Morgan fingerprint density at radius 3 is 2.16 bits per heavy atom. The van der Waals surface area contributed by atoms with Crippen molar-refractivity contribution in [3.63, 3.8) is 0 Å². The van der Waals surface area contributed by atoms with E-state index in [1.165, 1.54) is 0 Å². The number of aliphatic hydroxyl groups excluding tert-OH is 1. The third kappa shape index (κ3) is 8.83. The molecule has 0 atom stereocenters. The minimum Gasteiger partial charge on any atom is -0.395 e. The standard InChI is InChI=1S/C12H23F3N2O2/c1-3-17(4-2)11(19)6-5-7-16(8-9-18)10-12(13,14)15/h18H,3-10H2,1-2H3. The number of carbonyl (C=O) groups excluding carboxylic acids is 1. The summed E-state index contributed by atoms with van der Waals surface area (Å²) >= 11 is 0. The van der Waals surface area contributed by atoms with Gasteiger partial charge in [-0.2, -0.15) is 13.2 Å². The van der Waals surface area contributed by atoms with Crippen molar-refractivity contribution in [2.24, 2.45) is 0 Å². The summed E-state index contributed by atoms with van der Waals surface area (Å²) in [5, 5.41) is 8.72. The van der Waals surface area contributed by atoms with Crippen molar-refractivity contribution in [2.45, 2.75) is 32.9 Å². The molecule has 4 nitrogen and oxygen atoms in total. The Bertz CT molecular complexity index is 256. The zero-order chi connectivity index (χ0) is 14.9. The average Bonchev–Trinajstić information content (AvgIpc) is 2.28. The highest BCUT2D eigenvalue weighted by molar-refractivity contribution is 5.76. The summed E-state index contributed by atoms with van der Waals surface area (Å²) < 4.78 is 36.8. The van der Waals surface area contributed by atoms with Crippen LogP contribution < -0.4 is 0 Å². The van der Waals surface area contributed by atoms with Gasteiger partial charge in [-0.3, -0.25) is 9.69 Å². The summed E-state index contributed by atoms with van der Waals surface area (Å²) in [6.07, 6.45) is -3.68. The maximum Gasteiger partial charge on any atom is 0.401 e. The van der Waals surface area contributed by atoms with Gasteiger partial charge in [0.25, 0.3) is 0 Å². The molecule has 0 aromatic carbocycles. The van der Waals surface area contributed by atoms with Crippen molar-refractivity contribution >= 4 is 5.91 Å². The lowest BCUT2D eigenvalue weighted by molar-refractivity contribution is -0.147. The quantitative estimate of drug-likeness (QED) is 0.697. The molecule has 0 radical (unpaired) electrons. The summed E-state index contributed by atoms with van der Waals surface area (Å²) in [4.78, 5) is 14.4. The van der Waals surface area contributed by atoms with Crippen LogP contribution in [0.25, 0.3) is 0 Å². The van der Waals surface area contributed by atoms with Gasteiger partial charge in [-0.1, -0.05) is 0 Å². The van der Waals surface area contributed by atoms with E-state index >= 15 is 0 Å². The van der Waals surface area contributed by atoms with E-state index in [0.29, 0.717) is 19.5 Å². The molecule has 0 aliphatic heterocycles. The molecule has 0 aliphatic rings. The molecule has 0 heterocycles. The Kier molecular flexibility index (Phi) is 8.75. The zero-order valence-electron chi connectivity index (χ0n) is 11.5. The SMILES string of the molecule is CCN(CC)C(=O)CCCN(CCO)CC(F)(F)F. The maximum atomic E-state index is 12.3. The first-order valence-electron chi connectivity index (χ1n) is 6.51. The van der Waals surface area contributed by atoms with E-state index in [1.807, 2.05) is 13.8 Å². The summed E-state index contributed by atoms with van der Waals surface area (Å²) in [5.74, 6) is -0.0408. The van der Waals surface area contributed by atoms with Crippen LogP contribution in [-0.4, -0.2) is 66.3 Å². The maximum absolute atomic E-state index is 12.3. The zero-order valence-corrected chi connectivity index (χ0v) is 11.5. The lowest BCUT2D eigenvalue weighted by Gasteiger charge is -2.23. The average molecular weight is 284 g/mol. The fourth-order valence-corrected chi connectivity index (χ4v) is 1.85. The van der Waals surface area contributed by atoms with E-state index in [1.54, 1.807) is 4.90 Å². The van der Waals surface area contributed by atoms with Crippen LogP contribution >= 0.6 is 0 Å². The lowest BCUT2D eigenvalue weighted by atomic mass is 10.2. The highest BCUT2D eigenvalue weighted by atomic mass is 19.4. The normalized spacial score (nSPS) is 11.9. The second kappa shape index (κ2) is 9.14. The topological polar surface area (TPSA) is 43.8 Å². The molecule has 0 saturated carbocycles. The molecule has 0 aromatic rings. The lowest BCUT2D eigenvalue weighted by Crippen LogP contribution is -2.37. The smallest absolute Gasteiger partial charge is 0.395 e. The molecule has 0 aromatic heterocycles. The number of rotatable bonds is 9. The van der Waals surface area contributed by atoms with Gasteiger partial charge in [0.2, 0.25) is 5.91 Å². The molecule has 0 saturated heterocycles. The van der Waals surface area contributed by atoms with Gasteiger partial charge in [-0.05, 0) is 26.8 Å². The van der Waals surface area contributed by atoms with Crippen molar-refractivity contribution in [1.82, 2.24) is 9.80 Å². The van der Waals surface area contributed by atoms with Crippen molar-refractivity contribution in [1.29, 1.82) is 0 Å². The number of amides is 1. The van der Waals surface area contributed by atoms with Gasteiger partial charge in [0.1, 0.15) is 0 Å². The first-order chi connectivity index (χ1) is 8.84. The van der Waals surface area contributed by atoms with Gasteiger partial charge >= 0.3 is 6.18 Å². The van der Waals surface area contributed by atoms with E-state index in [9.17, 15) is 18.0 Å². The molecule has 0 spiro atoms. The van der Waals surface area contributed by atoms with E-state index in [0.717, 1.165) is 4.90 Å². The first-order valence-corrected chi connectivity index (χ1v) is 6.51. The minimum atomic E-state index is -4.28. The monoisotopic (exact) mass is 284 g/mol. The Labute approximate surface area is 112 Å². The Balaban J connectivity index is 4.08. The van der Waals surface area contributed by atoms with Gasteiger partial charge in [-0.25, -0.2) is 0 Å². The Morgan fingerprint density at radius 1 is 1.16 bits per heavy atom. The number of halogens is 3. The van der Waals surface area contributed by atoms with Crippen molar-refractivity contribution in [3.05, 3.63) is 0 Å². The number of hydrogen-bond donors (Lipinski definition) is 1. The molecular weight excluding hydrogens is 261 g/mol. The number of alkyl halides is 3. The predicted octanol–water partition coefficient (Wildman–Crippen LogP) is 1.49. The molecule has 0 aliphatic carbocycles. The molecule has 19 heavy (non-hydrogen) atoms. The van der Waals surface area contributed by atoms with Gasteiger partial charge in [0.15, 0.2) is 0 Å². The van der Waals surface area contributed by atoms with Crippen LogP contribution in [0, 0.1) is 0 Å². The summed E-state index contributed by atoms with van der Waals surface area (Å²) in [7, 11) is 0. The van der Waals surface area contributed by atoms with Crippen LogP contribution in [0.4, 0.5) is 13.2 Å². The van der Waals surface area contributed by atoms with Gasteiger partial charge < -0.3 is 10.0 Å². The molecule has 0 fully saturated rings. The molecule has 1 N–H and O–H groups in total. The second-order valence-corrected chi connectivity index (χ2v) is 4.28. The Morgan fingerprint density at radius 2 is 1.74 bits per heavy atom. The molecule has 1 amide bonds. The second-order valence-electron chi connectivity index (χ2n) is 4.28. The first kappa shape index (κ1) is 18.2. The number of hydrogen-bond acceptors (Lipinski definition) is 3. The fraction of sp³-hybridized carbons (Fsp3) is 0.917. The highest BCUT2D eigenvalue weighted by Crippen LogP contribution is 2.16. The highest BCUT2D eigenvalue weighted by Gasteiger charge is 2.30. The fourth-order valence-electron chi connectivity index (χ4n) is 1.85. The number of carbonyl (C=O) groups is 1. The van der Waals surface area contributed by atoms with E-state index in [-0.39, 0.29) is 32.0 Å².